The van der Waals surface area contributed by atoms with Crippen molar-refractivity contribution in [1.29, 1.82) is 5.26 Å². The lowest BCUT2D eigenvalue weighted by Crippen LogP contribution is -1.77. The Balaban J connectivity index is 2.81. The van der Waals surface area contributed by atoms with Crippen molar-refractivity contribution in [3.63, 3.8) is 0 Å². The van der Waals surface area contributed by atoms with E-state index in [1.807, 2.05) is 6.07 Å². The molecule has 2 heterocycles. The van der Waals surface area contributed by atoms with Crippen LogP contribution in [-0.2, 0) is 0 Å². The maximum atomic E-state index is 8.44. The van der Waals surface area contributed by atoms with Crippen molar-refractivity contribution in [3.8, 4) is 6.07 Å². The summed E-state index contributed by atoms with van der Waals surface area (Å²) in [6, 6.07) is 1.87. The molecule has 2 aromatic heterocycles. The molecule has 0 aliphatic heterocycles. The molecule has 0 fully saturated rings. The summed E-state index contributed by atoms with van der Waals surface area (Å²) in [5, 5.41) is 8.44. The third-order valence-corrected chi connectivity index (χ3v) is 1.24. The standard InChI is InChI=1S/C6H3N5/c7-3-4-10-5-6(11-4)9-2-1-8-5/h1-2H,(H,8,9,10,11). The first kappa shape index (κ1) is 5.80. The molecule has 5 heteroatoms. The fraction of sp³-hybridized carbons (Fsp3) is 0. The van der Waals surface area contributed by atoms with E-state index in [2.05, 4.69) is 19.9 Å². The molecule has 2 aromatic rings. The number of nitrogens with one attached hydrogen (secondary N) is 1. The molecule has 0 atom stereocenters. The van der Waals surface area contributed by atoms with Gasteiger partial charge in [0.2, 0.25) is 5.82 Å². The predicted molar refractivity (Wildman–Crippen MR) is 36.4 cm³/mol. The summed E-state index contributed by atoms with van der Waals surface area (Å²) in [6.45, 7) is 0. The van der Waals surface area contributed by atoms with Crippen molar-refractivity contribution in [2.24, 2.45) is 0 Å². The Kier molecular flexibility index (Phi) is 1.07. The van der Waals surface area contributed by atoms with Crippen LogP contribution < -0.4 is 0 Å². The molecule has 0 spiro atoms. The van der Waals surface area contributed by atoms with E-state index < -0.39 is 0 Å². The number of imidazole rings is 1. The van der Waals surface area contributed by atoms with Gasteiger partial charge in [-0.2, -0.15) is 10.2 Å². The van der Waals surface area contributed by atoms with E-state index in [0.717, 1.165) is 0 Å². The van der Waals surface area contributed by atoms with Gasteiger partial charge >= 0.3 is 0 Å². The molecule has 0 bridgehead atoms. The van der Waals surface area contributed by atoms with Crippen molar-refractivity contribution < 1.29 is 0 Å². The number of aromatic nitrogens is 4. The zero-order chi connectivity index (χ0) is 7.68. The minimum absolute atomic E-state index is 0.242. The third kappa shape index (κ3) is 0.809. The summed E-state index contributed by atoms with van der Waals surface area (Å²) in [6.07, 6.45) is 3.08. The van der Waals surface area contributed by atoms with E-state index in [9.17, 15) is 0 Å². The van der Waals surface area contributed by atoms with Gasteiger partial charge in [-0.3, -0.25) is 0 Å². The van der Waals surface area contributed by atoms with Crippen LogP contribution in [0.2, 0.25) is 0 Å². The van der Waals surface area contributed by atoms with Crippen LogP contribution in [0.3, 0.4) is 0 Å². The van der Waals surface area contributed by atoms with Gasteiger partial charge in [0, 0.05) is 12.4 Å². The van der Waals surface area contributed by atoms with Crippen LogP contribution >= 0.6 is 0 Å². The van der Waals surface area contributed by atoms with Crippen molar-refractivity contribution >= 4 is 11.3 Å². The molecule has 0 radical (unpaired) electrons. The van der Waals surface area contributed by atoms with Crippen LogP contribution in [0.15, 0.2) is 12.4 Å². The van der Waals surface area contributed by atoms with Crippen LogP contribution in [0.1, 0.15) is 5.82 Å². The lowest BCUT2D eigenvalue weighted by molar-refractivity contribution is 1.23. The van der Waals surface area contributed by atoms with Crippen molar-refractivity contribution in [2.75, 3.05) is 0 Å². The van der Waals surface area contributed by atoms with Gasteiger partial charge in [-0.05, 0) is 0 Å². The maximum absolute atomic E-state index is 8.44. The first-order valence-corrected chi connectivity index (χ1v) is 2.97. The largest absolute Gasteiger partial charge is 0.313 e. The lowest BCUT2D eigenvalue weighted by atomic mass is 10.7. The fourth-order valence-electron chi connectivity index (χ4n) is 0.800. The third-order valence-electron chi connectivity index (χ3n) is 1.24. The first-order chi connectivity index (χ1) is 5.40. The average Bonchev–Trinajstić information content (AvgIpc) is 2.46. The van der Waals surface area contributed by atoms with Crippen molar-refractivity contribution in [1.82, 2.24) is 19.9 Å². The number of hydrogen-bond acceptors (Lipinski definition) is 4. The summed E-state index contributed by atoms with van der Waals surface area (Å²) in [5.74, 6) is 0.242. The second-order valence-electron chi connectivity index (χ2n) is 1.93. The van der Waals surface area contributed by atoms with Gasteiger partial charge in [0.05, 0.1) is 0 Å². The Labute approximate surface area is 61.7 Å². The highest BCUT2D eigenvalue weighted by molar-refractivity contribution is 5.65. The maximum Gasteiger partial charge on any atom is 0.213 e. The van der Waals surface area contributed by atoms with Crippen LogP contribution in [-0.4, -0.2) is 19.9 Å². The Morgan fingerprint density at radius 1 is 1.36 bits per heavy atom. The number of nitriles is 1. The highest BCUT2D eigenvalue weighted by Gasteiger charge is 2.00. The van der Waals surface area contributed by atoms with E-state index in [0.29, 0.717) is 11.3 Å². The van der Waals surface area contributed by atoms with E-state index in [1.54, 1.807) is 6.20 Å². The molecule has 0 saturated carbocycles. The normalized spacial score (nSPS) is 9.73. The lowest BCUT2D eigenvalue weighted by Gasteiger charge is -1.79. The summed E-state index contributed by atoms with van der Waals surface area (Å²) in [4.78, 5) is 14.4. The topological polar surface area (TPSA) is 78.2 Å². The smallest absolute Gasteiger partial charge is 0.213 e. The monoisotopic (exact) mass is 145 g/mol. The van der Waals surface area contributed by atoms with Gasteiger partial charge in [0.1, 0.15) is 6.07 Å². The molecular formula is C6H3N5. The Hall–Kier alpha value is -1.96. The molecule has 0 aliphatic carbocycles. The summed E-state index contributed by atoms with van der Waals surface area (Å²) in [5.41, 5.74) is 1.02. The van der Waals surface area contributed by atoms with Crippen LogP contribution in [0.5, 0.6) is 0 Å². The van der Waals surface area contributed by atoms with Crippen molar-refractivity contribution in [3.05, 3.63) is 18.2 Å². The minimum Gasteiger partial charge on any atom is -0.313 e. The highest BCUT2D eigenvalue weighted by Crippen LogP contribution is 2.01. The number of aromatic amines is 1. The fourth-order valence-corrected chi connectivity index (χ4v) is 0.800. The van der Waals surface area contributed by atoms with Crippen LogP contribution in [0, 0.1) is 11.3 Å². The minimum atomic E-state index is 0.242. The van der Waals surface area contributed by atoms with E-state index >= 15 is 0 Å². The van der Waals surface area contributed by atoms with Gasteiger partial charge in [-0.25, -0.2) is 9.97 Å². The molecular weight excluding hydrogens is 142 g/mol. The molecule has 11 heavy (non-hydrogen) atoms. The molecule has 1 N–H and O–H groups in total. The zero-order valence-corrected chi connectivity index (χ0v) is 5.44. The number of nitrogens with zero attached hydrogens (tertiary/aromatic N) is 4. The summed E-state index contributed by atoms with van der Waals surface area (Å²) >= 11 is 0. The molecule has 0 saturated heterocycles. The van der Waals surface area contributed by atoms with E-state index in [4.69, 9.17) is 5.26 Å². The van der Waals surface area contributed by atoms with E-state index in [-0.39, 0.29) is 5.82 Å². The average molecular weight is 145 g/mol. The molecule has 0 amide bonds. The number of rotatable bonds is 0. The summed E-state index contributed by atoms with van der Waals surface area (Å²) in [7, 11) is 0. The van der Waals surface area contributed by atoms with Crippen molar-refractivity contribution in [2.45, 2.75) is 0 Å². The first-order valence-electron chi connectivity index (χ1n) is 2.97. The Morgan fingerprint density at radius 3 is 2.91 bits per heavy atom. The van der Waals surface area contributed by atoms with E-state index in [1.165, 1.54) is 6.20 Å². The van der Waals surface area contributed by atoms with Gasteiger partial charge in [0.25, 0.3) is 0 Å². The molecule has 5 nitrogen and oxygen atoms in total. The summed E-state index contributed by atoms with van der Waals surface area (Å²) < 4.78 is 0. The quantitative estimate of drug-likeness (QED) is 0.575. The van der Waals surface area contributed by atoms with Crippen LogP contribution in [0.25, 0.3) is 11.3 Å². The molecule has 52 valence electrons. The highest BCUT2D eigenvalue weighted by atomic mass is 15.0. The second-order valence-corrected chi connectivity index (χ2v) is 1.93. The predicted octanol–water partition coefficient (Wildman–Crippen LogP) is 0.225. The molecule has 0 aliphatic rings. The molecule has 0 aromatic carbocycles. The number of hydrogen-bond donors (Lipinski definition) is 1. The van der Waals surface area contributed by atoms with Crippen LogP contribution in [0.4, 0.5) is 0 Å². The second kappa shape index (κ2) is 2.02. The Bertz CT molecular complexity index is 391. The number of H-pyrrole nitrogens is 1. The SMILES string of the molecule is N#Cc1nc2nccnc2[nH]1. The Morgan fingerprint density at radius 2 is 2.18 bits per heavy atom. The van der Waals surface area contributed by atoms with Gasteiger partial charge in [-0.15, -0.1) is 0 Å². The molecule has 2 rings (SSSR count). The van der Waals surface area contributed by atoms with Gasteiger partial charge in [0.15, 0.2) is 11.3 Å². The zero-order valence-electron chi connectivity index (χ0n) is 5.44. The number of fused-ring (bicyclic) bond motifs is 1. The van der Waals surface area contributed by atoms with Gasteiger partial charge < -0.3 is 4.98 Å². The molecule has 0 unspecified atom stereocenters. The van der Waals surface area contributed by atoms with Gasteiger partial charge in [-0.1, -0.05) is 0 Å².